The van der Waals surface area contributed by atoms with Gasteiger partial charge < -0.3 is 15.8 Å². The van der Waals surface area contributed by atoms with E-state index in [2.05, 4.69) is 20.8 Å². The molecule has 7 nitrogen and oxygen atoms in total. The van der Waals surface area contributed by atoms with E-state index in [0.29, 0.717) is 25.7 Å². The second-order valence-corrected chi connectivity index (χ2v) is 3.93. The monoisotopic (exact) mass is 262 g/mol. The highest BCUT2D eigenvalue weighted by molar-refractivity contribution is 5.38. The number of ether oxygens (including phenoxy) is 1. The Balaban J connectivity index is 1.83. The molecule has 0 spiro atoms. The summed E-state index contributed by atoms with van der Waals surface area (Å²) in [6.07, 6.45) is 0.877. The topological polar surface area (TPSA) is 90.9 Å². The van der Waals surface area contributed by atoms with Crippen LogP contribution >= 0.6 is 0 Å². The molecule has 0 aliphatic heterocycles. The lowest BCUT2D eigenvalue weighted by atomic mass is 10.3. The summed E-state index contributed by atoms with van der Waals surface area (Å²) in [4.78, 5) is 0. The third kappa shape index (κ3) is 4.01. The molecule has 0 radical (unpaired) electrons. The van der Waals surface area contributed by atoms with Crippen molar-refractivity contribution in [2.45, 2.75) is 6.42 Å². The normalized spacial score (nSPS) is 10.6. The highest BCUT2D eigenvalue weighted by Gasteiger charge is 2.06. The molecule has 0 bridgehead atoms. The number of nitrogens with two attached hydrogens (primary N) is 1. The van der Waals surface area contributed by atoms with Gasteiger partial charge in [-0.25, -0.2) is 0 Å². The lowest BCUT2D eigenvalue weighted by molar-refractivity contribution is 0.141. The summed E-state index contributed by atoms with van der Waals surface area (Å²) in [5, 5.41) is 14.8. The van der Waals surface area contributed by atoms with Crippen LogP contribution in [0.4, 0.5) is 5.95 Å². The van der Waals surface area contributed by atoms with Crippen molar-refractivity contribution < 1.29 is 4.74 Å². The summed E-state index contributed by atoms with van der Waals surface area (Å²) in [5.74, 6) is 0.630. The lowest BCUT2D eigenvalue weighted by Crippen LogP contribution is -2.13. The minimum absolute atomic E-state index is 0.555. The molecule has 0 aliphatic rings. The van der Waals surface area contributed by atoms with Crippen molar-refractivity contribution in [3.8, 4) is 5.69 Å². The van der Waals surface area contributed by atoms with Gasteiger partial charge in [-0.05, 0) is 29.0 Å². The van der Waals surface area contributed by atoms with Crippen LogP contribution in [0.5, 0.6) is 0 Å². The molecule has 7 heteroatoms. The fourth-order valence-electron chi connectivity index (χ4n) is 1.60. The van der Waals surface area contributed by atoms with Crippen molar-refractivity contribution >= 4 is 5.95 Å². The molecule has 0 saturated heterocycles. The van der Waals surface area contributed by atoms with E-state index in [9.17, 15) is 0 Å². The Hall–Kier alpha value is -1.99. The number of para-hydroxylation sites is 1. The molecular formula is C12H18N6O. The van der Waals surface area contributed by atoms with Crippen LogP contribution in [0.3, 0.4) is 0 Å². The molecule has 0 atom stereocenters. The second kappa shape index (κ2) is 7.45. The average Bonchev–Trinajstić information content (AvgIpc) is 2.92. The molecule has 2 rings (SSSR count). The molecule has 1 aromatic heterocycles. The predicted octanol–water partition coefficient (Wildman–Crippen LogP) is 0.440. The molecule has 3 N–H and O–H groups in total. The van der Waals surface area contributed by atoms with Crippen molar-refractivity contribution in [3.63, 3.8) is 0 Å². The van der Waals surface area contributed by atoms with Gasteiger partial charge in [-0.15, -0.1) is 0 Å². The van der Waals surface area contributed by atoms with Crippen molar-refractivity contribution in [3.05, 3.63) is 30.3 Å². The van der Waals surface area contributed by atoms with Gasteiger partial charge in [0.15, 0.2) is 0 Å². The first-order chi connectivity index (χ1) is 9.42. The van der Waals surface area contributed by atoms with Crippen LogP contribution in [0.1, 0.15) is 6.42 Å². The number of hydrogen-bond donors (Lipinski definition) is 2. The Labute approximate surface area is 111 Å². The number of nitrogens with one attached hydrogen (secondary N) is 1. The number of aromatic nitrogens is 4. The largest absolute Gasteiger partial charge is 0.380 e. The van der Waals surface area contributed by atoms with Crippen LogP contribution in [-0.2, 0) is 4.74 Å². The minimum atomic E-state index is 0.555. The maximum absolute atomic E-state index is 5.33. The molecule has 1 aromatic carbocycles. The average molecular weight is 262 g/mol. The van der Waals surface area contributed by atoms with Gasteiger partial charge in [0.2, 0.25) is 5.95 Å². The Bertz CT molecular complexity index is 472. The molecule has 2 aromatic rings. The molecule has 0 aliphatic carbocycles. The molecule has 0 fully saturated rings. The lowest BCUT2D eigenvalue weighted by Gasteiger charge is -2.07. The Morgan fingerprint density at radius 3 is 2.84 bits per heavy atom. The zero-order valence-corrected chi connectivity index (χ0v) is 10.7. The third-order valence-electron chi connectivity index (χ3n) is 2.48. The van der Waals surface area contributed by atoms with Gasteiger partial charge in [0.1, 0.15) is 0 Å². The van der Waals surface area contributed by atoms with Crippen molar-refractivity contribution in [2.75, 3.05) is 31.6 Å². The molecule has 0 amide bonds. The van der Waals surface area contributed by atoms with E-state index in [1.165, 1.54) is 0 Å². The number of rotatable bonds is 8. The second-order valence-electron chi connectivity index (χ2n) is 3.93. The van der Waals surface area contributed by atoms with Gasteiger partial charge in [-0.1, -0.05) is 23.3 Å². The number of tetrazole rings is 1. The number of benzene rings is 1. The predicted molar refractivity (Wildman–Crippen MR) is 72.1 cm³/mol. The van der Waals surface area contributed by atoms with Crippen LogP contribution in [0.2, 0.25) is 0 Å². The van der Waals surface area contributed by atoms with E-state index in [1.54, 1.807) is 4.68 Å². The fraction of sp³-hybridized carbons (Fsp3) is 0.417. The smallest absolute Gasteiger partial charge is 0.247 e. The van der Waals surface area contributed by atoms with E-state index in [-0.39, 0.29) is 0 Å². The maximum Gasteiger partial charge on any atom is 0.247 e. The van der Waals surface area contributed by atoms with Crippen molar-refractivity contribution in [1.82, 2.24) is 20.2 Å². The summed E-state index contributed by atoms with van der Waals surface area (Å²) in [7, 11) is 0. The Morgan fingerprint density at radius 2 is 2.05 bits per heavy atom. The van der Waals surface area contributed by atoms with Crippen LogP contribution in [0, 0.1) is 0 Å². The van der Waals surface area contributed by atoms with Crippen LogP contribution < -0.4 is 11.1 Å². The minimum Gasteiger partial charge on any atom is -0.380 e. The van der Waals surface area contributed by atoms with Crippen molar-refractivity contribution in [2.24, 2.45) is 5.73 Å². The van der Waals surface area contributed by atoms with E-state index in [0.717, 1.165) is 18.7 Å². The summed E-state index contributed by atoms with van der Waals surface area (Å²) in [6, 6.07) is 9.75. The van der Waals surface area contributed by atoms with E-state index < -0.39 is 0 Å². The Morgan fingerprint density at radius 1 is 1.21 bits per heavy atom. The third-order valence-corrected chi connectivity index (χ3v) is 2.48. The van der Waals surface area contributed by atoms with Gasteiger partial charge in [0, 0.05) is 19.7 Å². The van der Waals surface area contributed by atoms with Crippen molar-refractivity contribution in [1.29, 1.82) is 0 Å². The zero-order chi connectivity index (χ0) is 13.3. The van der Waals surface area contributed by atoms with Gasteiger partial charge >= 0.3 is 0 Å². The maximum atomic E-state index is 5.33. The first kappa shape index (κ1) is 13.4. The molecule has 0 unspecified atom stereocenters. The molecule has 19 heavy (non-hydrogen) atoms. The van der Waals surface area contributed by atoms with Crippen LogP contribution in [-0.4, -0.2) is 46.5 Å². The van der Waals surface area contributed by atoms with Gasteiger partial charge in [-0.2, -0.15) is 4.68 Å². The standard InChI is InChI=1S/C12H18N6O/c13-7-10-19-9-4-8-14-12-15-16-17-18(12)11-5-2-1-3-6-11/h1-3,5-6H,4,7-10,13H2,(H,14,15,17). The number of nitrogens with zero attached hydrogens (tertiary/aromatic N) is 4. The molecule has 1 heterocycles. The highest BCUT2D eigenvalue weighted by Crippen LogP contribution is 2.10. The zero-order valence-electron chi connectivity index (χ0n) is 10.7. The van der Waals surface area contributed by atoms with E-state index in [1.807, 2.05) is 30.3 Å². The quantitative estimate of drug-likeness (QED) is 0.671. The highest BCUT2D eigenvalue weighted by atomic mass is 16.5. The summed E-state index contributed by atoms with van der Waals surface area (Å²) >= 11 is 0. The first-order valence-electron chi connectivity index (χ1n) is 6.27. The fourth-order valence-corrected chi connectivity index (χ4v) is 1.60. The summed E-state index contributed by atoms with van der Waals surface area (Å²) in [5.41, 5.74) is 6.26. The number of hydrogen-bond acceptors (Lipinski definition) is 6. The Kier molecular flexibility index (Phi) is 5.27. The van der Waals surface area contributed by atoms with Crippen LogP contribution in [0.25, 0.3) is 5.69 Å². The van der Waals surface area contributed by atoms with E-state index >= 15 is 0 Å². The van der Waals surface area contributed by atoms with Gasteiger partial charge in [0.25, 0.3) is 0 Å². The van der Waals surface area contributed by atoms with Crippen LogP contribution in [0.15, 0.2) is 30.3 Å². The summed E-state index contributed by atoms with van der Waals surface area (Å²) in [6.45, 7) is 2.58. The summed E-state index contributed by atoms with van der Waals surface area (Å²) < 4.78 is 6.96. The SMILES string of the molecule is NCCOCCCNc1nnnn1-c1ccccc1. The molecular weight excluding hydrogens is 244 g/mol. The van der Waals surface area contributed by atoms with Gasteiger partial charge in [0.05, 0.1) is 12.3 Å². The molecule has 0 saturated carbocycles. The number of anilines is 1. The van der Waals surface area contributed by atoms with E-state index in [4.69, 9.17) is 10.5 Å². The molecule has 102 valence electrons. The van der Waals surface area contributed by atoms with Gasteiger partial charge in [-0.3, -0.25) is 0 Å². The first-order valence-corrected chi connectivity index (χ1v) is 6.27.